The van der Waals surface area contributed by atoms with Gasteiger partial charge in [0.15, 0.2) is 0 Å². The lowest BCUT2D eigenvalue weighted by atomic mass is 10.1. The van der Waals surface area contributed by atoms with Crippen molar-refractivity contribution < 1.29 is 9.53 Å². The highest BCUT2D eigenvalue weighted by atomic mass is 79.9. The number of halogens is 2. The van der Waals surface area contributed by atoms with Crippen molar-refractivity contribution in [1.82, 2.24) is 0 Å². The maximum atomic E-state index is 11.4. The van der Waals surface area contributed by atoms with Crippen molar-refractivity contribution in [2.45, 2.75) is 5.33 Å². The number of hydrogen-bond donors (Lipinski definition) is 0. The summed E-state index contributed by atoms with van der Waals surface area (Å²) in [5, 5.41) is 9.45. The van der Waals surface area contributed by atoms with Crippen LogP contribution in [0.1, 0.15) is 21.5 Å². The van der Waals surface area contributed by atoms with Gasteiger partial charge in [-0.3, -0.25) is 0 Å². The predicted octanol–water partition coefficient (Wildman–Crippen LogP) is 3.00. The van der Waals surface area contributed by atoms with Crippen LogP contribution in [0.25, 0.3) is 0 Å². The number of carbonyl (C=O) groups is 1. The van der Waals surface area contributed by atoms with Gasteiger partial charge in [-0.05, 0) is 33.6 Å². The van der Waals surface area contributed by atoms with E-state index in [1.165, 1.54) is 7.11 Å². The Labute approximate surface area is 104 Å². The number of esters is 1. The molecular weight excluding hydrogens is 326 g/mol. The van der Waals surface area contributed by atoms with E-state index in [0.29, 0.717) is 20.9 Å². The summed E-state index contributed by atoms with van der Waals surface area (Å²) in [6.07, 6.45) is 0. The number of hydrogen-bond acceptors (Lipinski definition) is 3. The van der Waals surface area contributed by atoms with Crippen molar-refractivity contribution in [3.63, 3.8) is 0 Å². The number of methoxy groups -OCH3 is 1. The Morgan fingerprint density at radius 3 is 2.73 bits per heavy atom. The fourth-order valence-electron chi connectivity index (χ4n) is 1.10. The Bertz CT molecular complexity index is 438. The van der Waals surface area contributed by atoms with Crippen LogP contribution in [-0.4, -0.2) is 13.1 Å². The molecule has 3 nitrogen and oxygen atoms in total. The maximum absolute atomic E-state index is 11.4. The van der Waals surface area contributed by atoms with Crippen molar-refractivity contribution in [2.75, 3.05) is 7.11 Å². The molecule has 0 aliphatic heterocycles. The Hall–Kier alpha value is -0.860. The monoisotopic (exact) mass is 331 g/mol. The van der Waals surface area contributed by atoms with Gasteiger partial charge in [-0.15, -0.1) is 0 Å². The van der Waals surface area contributed by atoms with Crippen LogP contribution in [0.2, 0.25) is 0 Å². The van der Waals surface area contributed by atoms with Gasteiger partial charge >= 0.3 is 5.97 Å². The first-order chi connectivity index (χ1) is 7.13. The standard InChI is InChI=1S/C10H7Br2NO2/c1-15-10(14)8-3-6(4-11)2-7(5-13)9(8)12/h2-3H,4H2,1H3. The molecule has 0 radical (unpaired) electrons. The summed E-state index contributed by atoms with van der Waals surface area (Å²) in [5.41, 5.74) is 1.65. The van der Waals surface area contributed by atoms with Crippen molar-refractivity contribution >= 4 is 37.8 Å². The number of alkyl halides is 1. The molecule has 0 atom stereocenters. The largest absolute Gasteiger partial charge is 0.465 e. The molecule has 1 aromatic carbocycles. The molecule has 0 bridgehead atoms. The third-order valence-corrected chi connectivity index (χ3v) is 3.31. The van der Waals surface area contributed by atoms with Crippen LogP contribution in [0.4, 0.5) is 0 Å². The fourth-order valence-corrected chi connectivity index (χ4v) is 1.90. The molecule has 78 valence electrons. The van der Waals surface area contributed by atoms with Gasteiger partial charge in [0.05, 0.1) is 18.2 Å². The molecule has 0 aromatic heterocycles. The number of benzene rings is 1. The van der Waals surface area contributed by atoms with E-state index in [0.717, 1.165) is 5.56 Å². The maximum Gasteiger partial charge on any atom is 0.339 e. The van der Waals surface area contributed by atoms with E-state index in [1.807, 2.05) is 6.07 Å². The minimum atomic E-state index is -0.457. The van der Waals surface area contributed by atoms with Crippen LogP contribution >= 0.6 is 31.9 Å². The molecule has 0 fully saturated rings. The Morgan fingerprint density at radius 1 is 1.60 bits per heavy atom. The first kappa shape index (κ1) is 12.2. The highest BCUT2D eigenvalue weighted by Crippen LogP contribution is 2.25. The van der Waals surface area contributed by atoms with Gasteiger partial charge in [0.1, 0.15) is 6.07 Å². The lowest BCUT2D eigenvalue weighted by Crippen LogP contribution is -2.04. The van der Waals surface area contributed by atoms with E-state index in [4.69, 9.17) is 5.26 Å². The number of ether oxygens (including phenoxy) is 1. The summed E-state index contributed by atoms with van der Waals surface area (Å²) in [4.78, 5) is 11.4. The average molecular weight is 333 g/mol. The summed E-state index contributed by atoms with van der Waals surface area (Å²) < 4.78 is 5.10. The summed E-state index contributed by atoms with van der Waals surface area (Å²) in [5.74, 6) is -0.457. The Morgan fingerprint density at radius 2 is 2.27 bits per heavy atom. The molecule has 1 aromatic rings. The predicted molar refractivity (Wildman–Crippen MR) is 62.8 cm³/mol. The first-order valence-electron chi connectivity index (χ1n) is 4.00. The van der Waals surface area contributed by atoms with Crippen LogP contribution < -0.4 is 0 Å². The van der Waals surface area contributed by atoms with Crippen LogP contribution in [0.15, 0.2) is 16.6 Å². The third-order valence-electron chi connectivity index (χ3n) is 1.81. The molecular formula is C10H7Br2NO2. The summed E-state index contributed by atoms with van der Waals surface area (Å²) in [6.45, 7) is 0. The van der Waals surface area contributed by atoms with Gasteiger partial charge in [-0.25, -0.2) is 4.79 Å². The quantitative estimate of drug-likeness (QED) is 0.618. The normalized spacial score (nSPS) is 9.47. The summed E-state index contributed by atoms with van der Waals surface area (Å²) >= 11 is 6.48. The zero-order chi connectivity index (χ0) is 11.4. The minimum absolute atomic E-state index is 0.367. The van der Waals surface area contributed by atoms with Gasteiger partial charge in [0.25, 0.3) is 0 Å². The van der Waals surface area contributed by atoms with Gasteiger partial charge < -0.3 is 4.74 Å². The molecule has 0 heterocycles. The van der Waals surface area contributed by atoms with E-state index in [9.17, 15) is 4.79 Å². The third kappa shape index (κ3) is 2.58. The molecule has 0 aliphatic carbocycles. The van der Waals surface area contributed by atoms with Gasteiger partial charge in [-0.1, -0.05) is 15.9 Å². The molecule has 0 saturated heterocycles. The average Bonchev–Trinajstić information content (AvgIpc) is 2.28. The second-order valence-corrected chi connectivity index (χ2v) is 4.10. The number of rotatable bonds is 2. The fraction of sp³-hybridized carbons (Fsp3) is 0.200. The highest BCUT2D eigenvalue weighted by molar-refractivity contribution is 9.10. The lowest BCUT2D eigenvalue weighted by Gasteiger charge is -2.06. The van der Waals surface area contributed by atoms with Gasteiger partial charge in [-0.2, -0.15) is 5.26 Å². The summed E-state index contributed by atoms with van der Waals surface area (Å²) in [7, 11) is 1.31. The van der Waals surface area contributed by atoms with Crippen molar-refractivity contribution in [2.24, 2.45) is 0 Å². The van der Waals surface area contributed by atoms with Crippen molar-refractivity contribution in [3.8, 4) is 6.07 Å². The second-order valence-electron chi connectivity index (χ2n) is 2.74. The molecule has 0 unspecified atom stereocenters. The molecule has 0 aliphatic rings. The molecule has 0 spiro atoms. The highest BCUT2D eigenvalue weighted by Gasteiger charge is 2.15. The number of carbonyl (C=O) groups excluding carboxylic acids is 1. The van der Waals surface area contributed by atoms with E-state index >= 15 is 0 Å². The Kier molecular flexibility index (Phi) is 4.30. The van der Waals surface area contributed by atoms with Crippen LogP contribution in [-0.2, 0) is 10.1 Å². The minimum Gasteiger partial charge on any atom is -0.465 e. The van der Waals surface area contributed by atoms with E-state index < -0.39 is 5.97 Å². The van der Waals surface area contributed by atoms with E-state index in [1.54, 1.807) is 12.1 Å². The smallest absolute Gasteiger partial charge is 0.339 e. The van der Waals surface area contributed by atoms with Crippen molar-refractivity contribution in [3.05, 3.63) is 33.3 Å². The molecule has 1 rings (SSSR count). The molecule has 0 saturated carbocycles. The topological polar surface area (TPSA) is 50.1 Å². The van der Waals surface area contributed by atoms with Crippen LogP contribution in [0.3, 0.4) is 0 Å². The second kappa shape index (κ2) is 5.29. The van der Waals surface area contributed by atoms with Gasteiger partial charge in [0.2, 0.25) is 0 Å². The first-order valence-corrected chi connectivity index (χ1v) is 5.92. The van der Waals surface area contributed by atoms with E-state index in [-0.39, 0.29) is 0 Å². The van der Waals surface area contributed by atoms with E-state index in [2.05, 4.69) is 36.6 Å². The van der Waals surface area contributed by atoms with Crippen LogP contribution in [0.5, 0.6) is 0 Å². The van der Waals surface area contributed by atoms with Crippen LogP contribution in [0, 0.1) is 11.3 Å². The van der Waals surface area contributed by atoms with Crippen molar-refractivity contribution in [1.29, 1.82) is 5.26 Å². The molecule has 5 heteroatoms. The summed E-state index contributed by atoms with van der Waals surface area (Å²) in [6, 6.07) is 5.41. The molecule has 15 heavy (non-hydrogen) atoms. The molecule has 0 N–H and O–H groups in total. The van der Waals surface area contributed by atoms with Gasteiger partial charge in [0, 0.05) is 9.80 Å². The SMILES string of the molecule is COC(=O)c1cc(CBr)cc(C#N)c1Br. The lowest BCUT2D eigenvalue weighted by molar-refractivity contribution is 0.0599. The Balaban J connectivity index is 3.38. The zero-order valence-corrected chi connectivity index (χ0v) is 11.1. The molecule has 0 amide bonds. The number of nitriles is 1. The zero-order valence-electron chi connectivity index (χ0n) is 7.88. The number of nitrogens with zero attached hydrogens (tertiary/aromatic N) is 1.